The monoisotopic (exact) mass is 377 g/mol. The van der Waals surface area contributed by atoms with Crippen LogP contribution in [0, 0.1) is 17.8 Å². The van der Waals surface area contributed by atoms with Crippen LogP contribution in [0.1, 0.15) is 53.8 Å². The van der Waals surface area contributed by atoms with Gasteiger partial charge in [0, 0.05) is 30.6 Å². The Balaban J connectivity index is 1.51. The summed E-state index contributed by atoms with van der Waals surface area (Å²) in [5.41, 5.74) is 2.85. The summed E-state index contributed by atoms with van der Waals surface area (Å²) in [7, 11) is 1.74. The highest BCUT2D eigenvalue weighted by atomic mass is 16.2. The molecule has 4 rings (SSSR count). The first-order valence-electron chi connectivity index (χ1n) is 9.69. The number of nitrogens with one attached hydrogen (secondary N) is 2. The second kappa shape index (κ2) is 7.47. The van der Waals surface area contributed by atoms with Gasteiger partial charge in [0.25, 0.3) is 5.91 Å². The van der Waals surface area contributed by atoms with E-state index in [9.17, 15) is 9.59 Å². The number of anilines is 1. The van der Waals surface area contributed by atoms with Gasteiger partial charge in [0.15, 0.2) is 0 Å². The van der Waals surface area contributed by atoms with Crippen molar-refractivity contribution in [3.63, 3.8) is 0 Å². The summed E-state index contributed by atoms with van der Waals surface area (Å²) in [6.07, 6.45) is 4.25. The van der Waals surface area contributed by atoms with Gasteiger partial charge in [0.05, 0.1) is 0 Å². The molecule has 28 heavy (non-hydrogen) atoms. The molecule has 0 spiro atoms. The van der Waals surface area contributed by atoms with Gasteiger partial charge in [0.2, 0.25) is 11.7 Å². The van der Waals surface area contributed by atoms with Crippen LogP contribution in [0.4, 0.5) is 5.69 Å². The maximum absolute atomic E-state index is 13.0. The molecule has 1 aromatic heterocycles. The topological polar surface area (TPSA) is 91.0 Å². The summed E-state index contributed by atoms with van der Waals surface area (Å²) >= 11 is 0. The minimum absolute atomic E-state index is 0.0618. The van der Waals surface area contributed by atoms with Crippen molar-refractivity contribution >= 4 is 17.5 Å². The molecule has 7 nitrogen and oxygen atoms in total. The second-order valence-corrected chi connectivity index (χ2v) is 7.31. The van der Waals surface area contributed by atoms with Crippen LogP contribution in [0.15, 0.2) is 18.2 Å². The zero-order valence-corrected chi connectivity index (χ0v) is 16.1. The lowest BCUT2D eigenvalue weighted by Gasteiger charge is -2.22. The molecule has 0 unspecified atom stereocenters. The first-order valence-corrected chi connectivity index (χ1v) is 9.69. The number of amides is 2. The number of carbonyl (C=O) groups is 2. The minimum Gasteiger partial charge on any atom is -0.337 e. The molecule has 2 aromatic rings. The van der Waals surface area contributed by atoms with E-state index in [1.165, 1.54) is 12.8 Å². The van der Waals surface area contributed by atoms with Crippen molar-refractivity contribution in [3.05, 3.63) is 41.0 Å². The highest BCUT2D eigenvalue weighted by Crippen LogP contribution is 2.29. The third-order valence-electron chi connectivity index (χ3n) is 5.15. The van der Waals surface area contributed by atoms with Crippen molar-refractivity contribution in [2.45, 2.75) is 45.1 Å². The van der Waals surface area contributed by atoms with Gasteiger partial charge in [-0.2, -0.15) is 0 Å². The Morgan fingerprint density at radius 1 is 1.36 bits per heavy atom. The normalized spacial score (nSPS) is 18.7. The summed E-state index contributed by atoms with van der Waals surface area (Å²) in [5, 5.41) is 9.43. The number of carbonyl (C=O) groups excluding carboxylic acids is 2. The van der Waals surface area contributed by atoms with Crippen LogP contribution in [0.3, 0.4) is 0 Å². The molecule has 1 aliphatic heterocycles. The molecule has 1 fully saturated rings. The van der Waals surface area contributed by atoms with E-state index in [-0.39, 0.29) is 11.7 Å². The Kier molecular flexibility index (Phi) is 4.86. The van der Waals surface area contributed by atoms with E-state index in [2.05, 4.69) is 32.3 Å². The second-order valence-electron chi connectivity index (χ2n) is 7.31. The van der Waals surface area contributed by atoms with Crippen molar-refractivity contribution in [1.82, 2.24) is 20.5 Å². The Hall–Kier alpha value is -3.14. The number of aryl methyl sites for hydroxylation is 2. The average Bonchev–Trinajstić information content (AvgIpc) is 3.43. The van der Waals surface area contributed by atoms with Gasteiger partial charge in [-0.25, -0.2) is 4.98 Å². The van der Waals surface area contributed by atoms with E-state index >= 15 is 0 Å². The fraction of sp³-hybridized carbons (Fsp3) is 0.429. The molecular weight excluding hydrogens is 354 g/mol. The first-order chi connectivity index (χ1) is 13.5. The average molecular weight is 377 g/mol. The summed E-state index contributed by atoms with van der Waals surface area (Å²) in [5.74, 6) is 7.11. The van der Waals surface area contributed by atoms with Gasteiger partial charge in [-0.15, -0.1) is 5.10 Å². The zero-order chi connectivity index (χ0) is 19.7. The van der Waals surface area contributed by atoms with Crippen LogP contribution >= 0.6 is 0 Å². The number of H-pyrrole nitrogens is 1. The van der Waals surface area contributed by atoms with Crippen LogP contribution < -0.4 is 10.2 Å². The van der Waals surface area contributed by atoms with Crippen molar-refractivity contribution < 1.29 is 9.59 Å². The van der Waals surface area contributed by atoms with E-state index in [1.807, 2.05) is 25.1 Å². The molecule has 7 heteroatoms. The number of aromatic amines is 1. The smallest absolute Gasteiger partial charge is 0.291 e. The first kappa shape index (κ1) is 18.2. The van der Waals surface area contributed by atoms with Crippen LogP contribution in [0.5, 0.6) is 0 Å². The molecule has 0 radical (unpaired) electrons. The number of aromatic nitrogens is 3. The predicted molar refractivity (Wildman–Crippen MR) is 105 cm³/mol. The van der Waals surface area contributed by atoms with Crippen molar-refractivity contribution in [1.29, 1.82) is 0 Å². The third kappa shape index (κ3) is 3.77. The highest BCUT2D eigenvalue weighted by Gasteiger charge is 2.30. The summed E-state index contributed by atoms with van der Waals surface area (Å²) in [6.45, 7) is 1.92. The number of nitrogens with zero attached hydrogens (tertiary/aromatic N) is 3. The number of benzene rings is 1. The fourth-order valence-electron chi connectivity index (χ4n) is 3.27. The van der Waals surface area contributed by atoms with Crippen molar-refractivity contribution in [2.75, 3.05) is 11.9 Å². The van der Waals surface area contributed by atoms with E-state index in [0.29, 0.717) is 31.0 Å². The highest BCUT2D eigenvalue weighted by molar-refractivity contribution is 6.02. The number of likely N-dealkylation sites (N-methyl/N-ethyl adjacent to an activating group) is 1. The van der Waals surface area contributed by atoms with Crippen molar-refractivity contribution in [3.8, 4) is 11.8 Å². The van der Waals surface area contributed by atoms with Crippen LogP contribution in [-0.2, 0) is 17.6 Å². The molecular formula is C21H23N5O2. The lowest BCUT2D eigenvalue weighted by molar-refractivity contribution is -0.120. The zero-order valence-electron chi connectivity index (χ0n) is 16.1. The molecule has 144 valence electrons. The van der Waals surface area contributed by atoms with Crippen molar-refractivity contribution in [2.24, 2.45) is 5.92 Å². The summed E-state index contributed by atoms with van der Waals surface area (Å²) < 4.78 is 0. The molecule has 2 N–H and O–H groups in total. The number of hydrogen-bond donors (Lipinski definition) is 2. The quantitative estimate of drug-likeness (QED) is 0.799. The standard InChI is InChI=1S/C21H23N5O2/c1-3-18-23-19(25-24-18)20(27)22-16-11-10-15-9-8-14(7-6-13-4-5-13)12-17(15)26(2)21(16)28/h8-9,12-13,16H,3-5,10-11H2,1-2H3,(H,22,27)(H,23,24,25)/t16-/m0/s1. The molecule has 2 heterocycles. The predicted octanol–water partition coefficient (Wildman–Crippen LogP) is 1.84. The Labute approximate surface area is 163 Å². The molecule has 1 saturated carbocycles. The fourth-order valence-corrected chi connectivity index (χ4v) is 3.27. The van der Waals surface area contributed by atoms with Crippen LogP contribution in [0.25, 0.3) is 0 Å². The molecule has 1 aromatic carbocycles. The number of fused-ring (bicyclic) bond motifs is 1. The number of hydrogen-bond acceptors (Lipinski definition) is 4. The van der Waals surface area contributed by atoms with Gasteiger partial charge in [-0.3, -0.25) is 14.7 Å². The summed E-state index contributed by atoms with van der Waals surface area (Å²) in [6, 6.07) is 5.39. The molecule has 0 bridgehead atoms. The Bertz CT molecular complexity index is 980. The number of rotatable bonds is 3. The molecule has 1 aliphatic carbocycles. The lowest BCUT2D eigenvalue weighted by Crippen LogP contribution is -2.47. The largest absolute Gasteiger partial charge is 0.337 e. The van der Waals surface area contributed by atoms with Gasteiger partial charge >= 0.3 is 0 Å². The third-order valence-corrected chi connectivity index (χ3v) is 5.15. The van der Waals surface area contributed by atoms with Gasteiger partial charge < -0.3 is 10.2 Å². The van der Waals surface area contributed by atoms with E-state index in [1.54, 1.807) is 11.9 Å². The van der Waals surface area contributed by atoms with E-state index < -0.39 is 11.9 Å². The minimum atomic E-state index is -0.616. The summed E-state index contributed by atoms with van der Waals surface area (Å²) in [4.78, 5) is 31.1. The van der Waals surface area contributed by atoms with Gasteiger partial charge in [-0.1, -0.05) is 24.8 Å². The lowest BCUT2D eigenvalue weighted by atomic mass is 10.0. The van der Waals surface area contributed by atoms with E-state index in [4.69, 9.17) is 0 Å². The van der Waals surface area contributed by atoms with Crippen LogP contribution in [-0.4, -0.2) is 40.1 Å². The SMILES string of the molecule is CCc1nc(C(=O)N[C@H]2CCc3ccc(C#CC4CC4)cc3N(C)C2=O)n[nH]1. The molecule has 2 amide bonds. The maximum Gasteiger partial charge on any atom is 0.291 e. The van der Waals surface area contributed by atoms with Gasteiger partial charge in [-0.05, 0) is 43.4 Å². The van der Waals surface area contributed by atoms with Crippen LogP contribution in [0.2, 0.25) is 0 Å². The molecule has 1 atom stereocenters. The maximum atomic E-state index is 13.0. The Morgan fingerprint density at radius 3 is 2.89 bits per heavy atom. The van der Waals surface area contributed by atoms with E-state index in [0.717, 1.165) is 16.8 Å². The Morgan fingerprint density at radius 2 is 2.18 bits per heavy atom. The molecule has 0 saturated heterocycles. The molecule has 2 aliphatic rings. The van der Waals surface area contributed by atoms with Gasteiger partial charge in [0.1, 0.15) is 11.9 Å².